The average Bonchev–Trinajstić information content (AvgIpc) is 2.18. The first-order valence-electron chi connectivity index (χ1n) is 5.51. The topological polar surface area (TPSA) is 20.3 Å². The Hall–Kier alpha value is -0.790. The summed E-state index contributed by atoms with van der Waals surface area (Å²) in [5.74, 6) is 0.795. The Bertz CT molecular complexity index is 224. The fraction of sp³-hybridized carbons (Fsp3) is 0.750. The van der Waals surface area contributed by atoms with Gasteiger partial charge in [-0.2, -0.15) is 0 Å². The van der Waals surface area contributed by atoms with Gasteiger partial charge < -0.3 is 4.90 Å². The first-order chi connectivity index (χ1) is 6.61. The van der Waals surface area contributed by atoms with Gasteiger partial charge >= 0.3 is 0 Å². The molecule has 0 unspecified atom stereocenters. The van der Waals surface area contributed by atoms with Gasteiger partial charge in [-0.05, 0) is 25.7 Å². The van der Waals surface area contributed by atoms with Gasteiger partial charge in [0.05, 0.1) is 0 Å². The van der Waals surface area contributed by atoms with Gasteiger partial charge in [0.15, 0.2) is 0 Å². The van der Waals surface area contributed by atoms with Gasteiger partial charge in [0.2, 0.25) is 5.91 Å². The second-order valence-electron chi connectivity index (χ2n) is 4.45. The molecule has 0 aromatic heterocycles. The molecule has 0 heterocycles. The molecule has 80 valence electrons. The predicted molar refractivity (Wildman–Crippen MR) is 59.0 cm³/mol. The Morgan fingerprint density at radius 2 is 1.79 bits per heavy atom. The van der Waals surface area contributed by atoms with Crippen LogP contribution in [0.1, 0.15) is 39.0 Å². The van der Waals surface area contributed by atoms with Crippen molar-refractivity contribution in [3.8, 4) is 0 Å². The number of allylic oxidation sites excluding steroid dienone is 1. The zero-order valence-electron chi connectivity index (χ0n) is 9.55. The maximum absolute atomic E-state index is 11.6. The second kappa shape index (κ2) is 5.18. The van der Waals surface area contributed by atoms with E-state index in [9.17, 15) is 4.79 Å². The molecule has 2 nitrogen and oxygen atoms in total. The second-order valence-corrected chi connectivity index (χ2v) is 4.45. The summed E-state index contributed by atoms with van der Waals surface area (Å²) in [6.45, 7) is 1.93. The van der Waals surface area contributed by atoms with E-state index in [0.717, 1.165) is 5.57 Å². The molecule has 1 amide bonds. The van der Waals surface area contributed by atoms with Crippen molar-refractivity contribution in [1.82, 2.24) is 4.90 Å². The molecule has 0 aromatic carbocycles. The Morgan fingerprint density at radius 3 is 2.29 bits per heavy atom. The van der Waals surface area contributed by atoms with Crippen LogP contribution in [0.5, 0.6) is 0 Å². The number of carbonyl (C=O) groups excluding carboxylic acids is 1. The average molecular weight is 195 g/mol. The molecular weight excluding hydrogens is 174 g/mol. The Morgan fingerprint density at radius 1 is 1.21 bits per heavy atom. The summed E-state index contributed by atoms with van der Waals surface area (Å²) >= 11 is 0. The van der Waals surface area contributed by atoms with E-state index in [0.29, 0.717) is 5.92 Å². The summed E-state index contributed by atoms with van der Waals surface area (Å²) in [6.07, 6.45) is 8.71. The highest BCUT2D eigenvalue weighted by atomic mass is 16.2. The Kier molecular flexibility index (Phi) is 4.18. The van der Waals surface area contributed by atoms with Gasteiger partial charge in [-0.1, -0.05) is 25.3 Å². The third-order valence-electron chi connectivity index (χ3n) is 2.88. The molecule has 0 atom stereocenters. The maximum Gasteiger partial charge on any atom is 0.248 e. The van der Waals surface area contributed by atoms with E-state index in [2.05, 4.69) is 6.08 Å². The maximum atomic E-state index is 11.6. The molecule has 0 radical (unpaired) electrons. The van der Waals surface area contributed by atoms with Crippen LogP contribution in [0.2, 0.25) is 0 Å². The van der Waals surface area contributed by atoms with E-state index < -0.39 is 0 Å². The number of carbonyl (C=O) groups is 1. The molecule has 14 heavy (non-hydrogen) atoms. The molecule has 1 fully saturated rings. The number of likely N-dealkylation sites (N-methyl/N-ethyl adjacent to an activating group) is 1. The first kappa shape index (κ1) is 11.3. The van der Waals surface area contributed by atoms with Gasteiger partial charge in [0.1, 0.15) is 0 Å². The first-order valence-corrected chi connectivity index (χ1v) is 5.51. The molecule has 0 saturated heterocycles. The van der Waals surface area contributed by atoms with Gasteiger partial charge in [0.25, 0.3) is 0 Å². The van der Waals surface area contributed by atoms with Gasteiger partial charge in [-0.3, -0.25) is 4.79 Å². The lowest BCUT2D eigenvalue weighted by Gasteiger charge is -2.19. The van der Waals surface area contributed by atoms with Crippen molar-refractivity contribution in [3.63, 3.8) is 0 Å². The minimum absolute atomic E-state index is 0.149. The summed E-state index contributed by atoms with van der Waals surface area (Å²) in [4.78, 5) is 13.2. The minimum atomic E-state index is 0.149. The smallest absolute Gasteiger partial charge is 0.248 e. The van der Waals surface area contributed by atoms with Crippen molar-refractivity contribution >= 4 is 5.91 Å². The van der Waals surface area contributed by atoms with Crippen LogP contribution in [0.15, 0.2) is 11.6 Å². The van der Waals surface area contributed by atoms with Gasteiger partial charge in [0, 0.05) is 19.7 Å². The molecule has 0 N–H and O–H groups in total. The van der Waals surface area contributed by atoms with Crippen LogP contribution in [0, 0.1) is 5.92 Å². The van der Waals surface area contributed by atoms with Crippen LogP contribution in [-0.2, 0) is 4.79 Å². The SMILES string of the molecule is C/C(=C\C1CCCCC1)C(=O)N(C)C. The summed E-state index contributed by atoms with van der Waals surface area (Å²) in [5, 5.41) is 0. The lowest BCUT2D eigenvalue weighted by molar-refractivity contribution is -0.124. The van der Waals surface area contributed by atoms with Crippen molar-refractivity contribution in [3.05, 3.63) is 11.6 Å². The molecule has 0 aromatic rings. The fourth-order valence-electron chi connectivity index (χ4n) is 2.08. The zero-order chi connectivity index (χ0) is 10.6. The molecule has 1 saturated carbocycles. The standard InChI is InChI=1S/C12H21NO/c1-10(12(14)13(2)3)9-11-7-5-4-6-8-11/h9,11H,4-8H2,1-3H3/b10-9+. The number of nitrogens with zero attached hydrogens (tertiary/aromatic N) is 1. The number of hydrogen-bond acceptors (Lipinski definition) is 1. The van der Waals surface area contributed by atoms with E-state index in [1.807, 2.05) is 6.92 Å². The molecule has 0 aliphatic heterocycles. The van der Waals surface area contributed by atoms with Crippen LogP contribution in [0.4, 0.5) is 0 Å². The summed E-state index contributed by atoms with van der Waals surface area (Å²) in [5.41, 5.74) is 0.905. The molecule has 0 spiro atoms. The van der Waals surface area contributed by atoms with Crippen molar-refractivity contribution in [2.24, 2.45) is 5.92 Å². The van der Waals surface area contributed by atoms with E-state index in [1.165, 1.54) is 32.1 Å². The molecule has 1 aliphatic carbocycles. The van der Waals surface area contributed by atoms with E-state index in [4.69, 9.17) is 0 Å². The van der Waals surface area contributed by atoms with E-state index >= 15 is 0 Å². The molecule has 0 bridgehead atoms. The summed E-state index contributed by atoms with van der Waals surface area (Å²) in [7, 11) is 3.61. The van der Waals surface area contributed by atoms with Crippen LogP contribution >= 0.6 is 0 Å². The lowest BCUT2D eigenvalue weighted by atomic mass is 9.88. The summed E-state index contributed by atoms with van der Waals surface area (Å²) in [6, 6.07) is 0. The lowest BCUT2D eigenvalue weighted by Crippen LogP contribution is -2.23. The molecule has 1 rings (SSSR count). The fourth-order valence-corrected chi connectivity index (χ4v) is 2.08. The van der Waals surface area contributed by atoms with Crippen molar-refractivity contribution in [1.29, 1.82) is 0 Å². The van der Waals surface area contributed by atoms with E-state index in [1.54, 1.807) is 19.0 Å². The largest absolute Gasteiger partial charge is 0.345 e. The Balaban J connectivity index is 2.53. The van der Waals surface area contributed by atoms with E-state index in [-0.39, 0.29) is 5.91 Å². The number of rotatable bonds is 2. The normalized spacial score (nSPS) is 19.5. The van der Waals surface area contributed by atoms with Crippen LogP contribution in [0.3, 0.4) is 0 Å². The van der Waals surface area contributed by atoms with Gasteiger partial charge in [-0.15, -0.1) is 0 Å². The van der Waals surface area contributed by atoms with Crippen LogP contribution in [0.25, 0.3) is 0 Å². The minimum Gasteiger partial charge on any atom is -0.345 e. The van der Waals surface area contributed by atoms with Gasteiger partial charge in [-0.25, -0.2) is 0 Å². The zero-order valence-corrected chi connectivity index (χ0v) is 9.55. The molecular formula is C12H21NO. The third-order valence-corrected chi connectivity index (χ3v) is 2.88. The van der Waals surface area contributed by atoms with Crippen LogP contribution in [-0.4, -0.2) is 24.9 Å². The highest BCUT2D eigenvalue weighted by Gasteiger charge is 2.13. The summed E-state index contributed by atoms with van der Waals surface area (Å²) < 4.78 is 0. The quantitative estimate of drug-likeness (QED) is 0.620. The number of hydrogen-bond donors (Lipinski definition) is 0. The highest BCUT2D eigenvalue weighted by Crippen LogP contribution is 2.25. The third kappa shape index (κ3) is 3.17. The predicted octanol–water partition coefficient (Wildman–Crippen LogP) is 2.60. The molecule has 2 heteroatoms. The van der Waals surface area contributed by atoms with Crippen molar-refractivity contribution < 1.29 is 4.79 Å². The monoisotopic (exact) mass is 195 g/mol. The van der Waals surface area contributed by atoms with Crippen molar-refractivity contribution in [2.75, 3.05) is 14.1 Å². The van der Waals surface area contributed by atoms with Crippen LogP contribution < -0.4 is 0 Å². The van der Waals surface area contributed by atoms with Crippen molar-refractivity contribution in [2.45, 2.75) is 39.0 Å². The Labute approximate surface area is 87.0 Å². The molecule has 1 aliphatic rings. The number of amides is 1. The highest BCUT2D eigenvalue weighted by molar-refractivity contribution is 5.92.